The van der Waals surface area contributed by atoms with Crippen LogP contribution in [0.15, 0.2) is 34.2 Å². The Hall–Kier alpha value is -2.36. The van der Waals surface area contributed by atoms with Gasteiger partial charge in [-0.3, -0.25) is 14.2 Å². The standard InChI is InChI=1S/C23H26ClN3O4S2/c1-4-6-11-25-17(28)13-32-23-26-20-18(14(3)19(33-20)22(30)31-5-2)21(29)27(23)12-15-7-9-16(24)10-8-15/h7-10H,4-6,11-13H2,1-3H3,(H,25,28). The van der Waals surface area contributed by atoms with Crippen molar-refractivity contribution >= 4 is 56.8 Å². The molecular weight excluding hydrogens is 482 g/mol. The number of fused-ring (bicyclic) bond motifs is 1. The molecule has 0 saturated heterocycles. The molecule has 0 atom stereocenters. The van der Waals surface area contributed by atoms with Crippen molar-refractivity contribution in [3.8, 4) is 0 Å². The fourth-order valence-corrected chi connectivity index (χ4v) is 5.27. The first-order valence-electron chi connectivity index (χ1n) is 10.7. The van der Waals surface area contributed by atoms with Crippen molar-refractivity contribution in [3.05, 3.63) is 55.6 Å². The predicted molar refractivity (Wildman–Crippen MR) is 134 cm³/mol. The van der Waals surface area contributed by atoms with Gasteiger partial charge in [0.1, 0.15) is 9.71 Å². The van der Waals surface area contributed by atoms with Gasteiger partial charge >= 0.3 is 5.97 Å². The van der Waals surface area contributed by atoms with Gasteiger partial charge in [-0.1, -0.05) is 48.8 Å². The number of halogens is 1. The molecule has 33 heavy (non-hydrogen) atoms. The van der Waals surface area contributed by atoms with Gasteiger partial charge in [0, 0.05) is 11.6 Å². The van der Waals surface area contributed by atoms with E-state index in [4.69, 9.17) is 16.3 Å². The molecular formula is C23H26ClN3O4S2. The quantitative estimate of drug-likeness (QED) is 0.186. The van der Waals surface area contributed by atoms with Gasteiger partial charge in [-0.05, 0) is 43.5 Å². The number of amides is 1. The highest BCUT2D eigenvalue weighted by molar-refractivity contribution is 7.99. The lowest BCUT2D eigenvalue weighted by Gasteiger charge is -2.12. The van der Waals surface area contributed by atoms with Gasteiger partial charge in [0.05, 0.1) is 24.3 Å². The van der Waals surface area contributed by atoms with Crippen molar-refractivity contribution in [3.63, 3.8) is 0 Å². The molecule has 0 unspecified atom stereocenters. The summed E-state index contributed by atoms with van der Waals surface area (Å²) in [6, 6.07) is 7.21. The minimum absolute atomic E-state index is 0.115. The summed E-state index contributed by atoms with van der Waals surface area (Å²) >= 11 is 8.34. The average molecular weight is 508 g/mol. The maximum absolute atomic E-state index is 13.5. The third-order valence-corrected chi connectivity index (χ3v) is 7.31. The molecule has 176 valence electrons. The first-order chi connectivity index (χ1) is 15.8. The number of nitrogens with one attached hydrogen (secondary N) is 1. The number of aromatic nitrogens is 2. The Morgan fingerprint density at radius 2 is 1.97 bits per heavy atom. The van der Waals surface area contributed by atoms with Crippen LogP contribution in [0.5, 0.6) is 0 Å². The van der Waals surface area contributed by atoms with Crippen LogP contribution in [0.25, 0.3) is 10.2 Å². The summed E-state index contributed by atoms with van der Waals surface area (Å²) in [7, 11) is 0. The summed E-state index contributed by atoms with van der Waals surface area (Å²) in [6.07, 6.45) is 1.90. The SMILES string of the molecule is CCCCNC(=O)CSc1nc2sc(C(=O)OCC)c(C)c2c(=O)n1Cc1ccc(Cl)cc1. The van der Waals surface area contributed by atoms with E-state index in [9.17, 15) is 14.4 Å². The molecule has 1 N–H and O–H groups in total. The van der Waals surface area contributed by atoms with Crippen LogP contribution in [0.2, 0.25) is 5.02 Å². The minimum Gasteiger partial charge on any atom is -0.462 e. The van der Waals surface area contributed by atoms with Gasteiger partial charge in [-0.2, -0.15) is 0 Å². The molecule has 0 bridgehead atoms. The van der Waals surface area contributed by atoms with Crippen LogP contribution >= 0.6 is 34.7 Å². The second-order valence-corrected chi connectivity index (χ2v) is 9.74. The van der Waals surface area contributed by atoms with Crippen LogP contribution < -0.4 is 10.9 Å². The van der Waals surface area contributed by atoms with E-state index in [1.807, 2.05) is 12.1 Å². The molecule has 3 aromatic rings. The van der Waals surface area contributed by atoms with Gasteiger partial charge in [-0.25, -0.2) is 9.78 Å². The zero-order valence-electron chi connectivity index (χ0n) is 18.8. The van der Waals surface area contributed by atoms with Crippen LogP contribution in [-0.4, -0.2) is 40.3 Å². The summed E-state index contributed by atoms with van der Waals surface area (Å²) in [6.45, 7) is 6.65. The number of aryl methyl sites for hydroxylation is 1. The van der Waals surface area contributed by atoms with E-state index in [-0.39, 0.29) is 30.4 Å². The fraction of sp³-hybridized carbons (Fsp3) is 0.391. The number of thiophene rings is 1. The van der Waals surface area contributed by atoms with Gasteiger partial charge in [0.2, 0.25) is 5.91 Å². The lowest BCUT2D eigenvalue weighted by molar-refractivity contribution is -0.118. The number of carbonyl (C=O) groups is 2. The molecule has 0 radical (unpaired) electrons. The molecule has 0 aliphatic rings. The molecule has 0 spiro atoms. The van der Waals surface area contributed by atoms with Crippen LogP contribution in [0.1, 0.15) is 47.5 Å². The zero-order chi connectivity index (χ0) is 24.0. The first-order valence-corrected chi connectivity index (χ1v) is 12.9. The Morgan fingerprint density at radius 3 is 2.64 bits per heavy atom. The van der Waals surface area contributed by atoms with Crippen molar-refractivity contribution < 1.29 is 14.3 Å². The van der Waals surface area contributed by atoms with E-state index in [2.05, 4.69) is 17.2 Å². The molecule has 2 heterocycles. The summed E-state index contributed by atoms with van der Waals surface area (Å²) in [4.78, 5) is 43.6. The molecule has 0 fully saturated rings. The van der Waals surface area contributed by atoms with Crippen molar-refractivity contribution in [1.29, 1.82) is 0 Å². The van der Waals surface area contributed by atoms with E-state index in [0.717, 1.165) is 29.7 Å². The second kappa shape index (κ2) is 11.7. The highest BCUT2D eigenvalue weighted by Gasteiger charge is 2.23. The second-order valence-electron chi connectivity index (χ2n) is 7.36. The van der Waals surface area contributed by atoms with E-state index in [0.29, 0.717) is 37.4 Å². The molecule has 10 heteroatoms. The van der Waals surface area contributed by atoms with E-state index < -0.39 is 5.97 Å². The lowest BCUT2D eigenvalue weighted by Crippen LogP contribution is -2.28. The summed E-state index contributed by atoms with van der Waals surface area (Å²) < 4.78 is 6.68. The fourth-order valence-electron chi connectivity index (χ4n) is 3.20. The van der Waals surface area contributed by atoms with Crippen molar-refractivity contribution in [2.75, 3.05) is 18.9 Å². The highest BCUT2D eigenvalue weighted by Crippen LogP contribution is 2.30. The van der Waals surface area contributed by atoms with Crippen LogP contribution in [0, 0.1) is 6.92 Å². The number of benzene rings is 1. The maximum Gasteiger partial charge on any atom is 0.348 e. The largest absolute Gasteiger partial charge is 0.462 e. The Morgan fingerprint density at radius 1 is 1.24 bits per heavy atom. The molecule has 1 amide bonds. The number of ether oxygens (including phenoxy) is 1. The van der Waals surface area contributed by atoms with Gasteiger partial charge in [0.15, 0.2) is 5.16 Å². The van der Waals surface area contributed by atoms with Crippen LogP contribution in [0.4, 0.5) is 0 Å². The van der Waals surface area contributed by atoms with E-state index in [1.54, 1.807) is 30.5 Å². The Bertz CT molecular complexity index is 1210. The lowest BCUT2D eigenvalue weighted by atomic mass is 10.2. The Labute approximate surface area is 205 Å². The normalized spacial score (nSPS) is 11.0. The zero-order valence-corrected chi connectivity index (χ0v) is 21.2. The number of hydrogen-bond acceptors (Lipinski definition) is 7. The summed E-state index contributed by atoms with van der Waals surface area (Å²) in [5, 5.41) is 4.30. The number of nitrogens with zero attached hydrogens (tertiary/aromatic N) is 2. The smallest absolute Gasteiger partial charge is 0.348 e. The van der Waals surface area contributed by atoms with Crippen LogP contribution in [-0.2, 0) is 16.1 Å². The van der Waals surface area contributed by atoms with Crippen LogP contribution in [0.3, 0.4) is 0 Å². The number of rotatable bonds is 10. The van der Waals surface area contributed by atoms with Gasteiger partial charge < -0.3 is 10.1 Å². The van der Waals surface area contributed by atoms with E-state index >= 15 is 0 Å². The summed E-state index contributed by atoms with van der Waals surface area (Å²) in [5.41, 5.74) is 1.17. The predicted octanol–water partition coefficient (Wildman–Crippen LogP) is 4.65. The van der Waals surface area contributed by atoms with Crippen molar-refractivity contribution in [2.24, 2.45) is 0 Å². The third kappa shape index (κ3) is 6.16. The molecule has 2 aromatic heterocycles. The Balaban J connectivity index is 2.01. The molecule has 0 aliphatic heterocycles. The molecule has 1 aromatic carbocycles. The Kier molecular flexibility index (Phi) is 8.94. The number of carbonyl (C=O) groups excluding carboxylic acids is 2. The number of unbranched alkanes of at least 4 members (excludes halogenated alkanes) is 1. The number of thioether (sulfide) groups is 1. The monoisotopic (exact) mass is 507 g/mol. The van der Waals surface area contributed by atoms with Gasteiger partial charge in [-0.15, -0.1) is 11.3 Å². The maximum atomic E-state index is 13.5. The van der Waals surface area contributed by atoms with Crippen molar-refractivity contribution in [1.82, 2.24) is 14.9 Å². The topological polar surface area (TPSA) is 90.3 Å². The number of hydrogen-bond donors (Lipinski definition) is 1. The summed E-state index contributed by atoms with van der Waals surface area (Å²) in [5.74, 6) is -0.446. The minimum atomic E-state index is -0.467. The molecule has 7 nitrogen and oxygen atoms in total. The molecule has 3 rings (SSSR count). The molecule has 0 saturated carbocycles. The molecule has 0 aliphatic carbocycles. The number of esters is 1. The van der Waals surface area contributed by atoms with E-state index in [1.165, 1.54) is 11.8 Å². The third-order valence-electron chi connectivity index (χ3n) is 4.91. The highest BCUT2D eigenvalue weighted by atomic mass is 35.5. The van der Waals surface area contributed by atoms with Gasteiger partial charge in [0.25, 0.3) is 5.56 Å². The van der Waals surface area contributed by atoms with Crippen molar-refractivity contribution in [2.45, 2.75) is 45.3 Å². The first kappa shape index (κ1) is 25.3. The average Bonchev–Trinajstić information content (AvgIpc) is 3.12.